The van der Waals surface area contributed by atoms with E-state index in [2.05, 4.69) is 21.2 Å². The van der Waals surface area contributed by atoms with Crippen molar-refractivity contribution in [3.05, 3.63) is 18.2 Å². The fourth-order valence-corrected chi connectivity index (χ4v) is 0.637. The molecule has 3 heteroatoms. The van der Waals surface area contributed by atoms with Crippen LogP contribution in [0.3, 0.4) is 0 Å². The summed E-state index contributed by atoms with van der Waals surface area (Å²) in [5.74, 6) is 3.22. The minimum atomic E-state index is 0.506. The lowest BCUT2D eigenvalue weighted by atomic mass is 10.5. The molecule has 1 rings (SSSR count). The van der Waals surface area contributed by atoms with Gasteiger partial charge in [-0.15, -0.1) is 6.42 Å². The number of aromatic nitrogens is 2. The normalized spacial score (nSPS) is 8.73. The molecule has 1 aromatic heterocycles. The van der Waals surface area contributed by atoms with Gasteiger partial charge in [-0.1, -0.05) is 5.92 Å². The van der Waals surface area contributed by atoms with Crippen molar-refractivity contribution >= 4 is 5.69 Å². The van der Waals surface area contributed by atoms with Crippen LogP contribution in [0.2, 0.25) is 0 Å². The molecule has 0 atom stereocenters. The summed E-state index contributed by atoms with van der Waals surface area (Å²) in [6.45, 7) is 2.34. The molecule has 1 heterocycles. The SMILES string of the molecule is C#CCNc1cnc(C)nc1. The van der Waals surface area contributed by atoms with Gasteiger partial charge < -0.3 is 5.32 Å². The van der Waals surface area contributed by atoms with Crippen LogP contribution in [0.1, 0.15) is 5.82 Å². The van der Waals surface area contributed by atoms with Crippen LogP contribution in [-0.4, -0.2) is 16.5 Å². The molecular weight excluding hydrogens is 138 g/mol. The lowest BCUT2D eigenvalue weighted by Crippen LogP contribution is -1.99. The van der Waals surface area contributed by atoms with Gasteiger partial charge in [0, 0.05) is 0 Å². The maximum atomic E-state index is 5.05. The molecule has 0 aliphatic heterocycles. The molecule has 0 amide bonds. The lowest BCUT2D eigenvalue weighted by Gasteiger charge is -1.99. The number of hydrogen-bond donors (Lipinski definition) is 1. The summed E-state index contributed by atoms with van der Waals surface area (Å²) in [4.78, 5) is 7.98. The minimum absolute atomic E-state index is 0.506. The van der Waals surface area contributed by atoms with Gasteiger partial charge in [0.25, 0.3) is 0 Å². The first-order chi connectivity index (χ1) is 5.33. The molecule has 0 radical (unpaired) electrons. The van der Waals surface area contributed by atoms with Gasteiger partial charge in [0.05, 0.1) is 24.6 Å². The Labute approximate surface area is 65.9 Å². The van der Waals surface area contributed by atoms with E-state index in [4.69, 9.17) is 6.42 Å². The van der Waals surface area contributed by atoms with Crippen molar-refractivity contribution in [1.29, 1.82) is 0 Å². The molecule has 0 aromatic carbocycles. The van der Waals surface area contributed by atoms with Crippen LogP contribution in [0, 0.1) is 19.3 Å². The third-order valence-electron chi connectivity index (χ3n) is 1.18. The Balaban J connectivity index is 2.60. The van der Waals surface area contributed by atoms with Crippen molar-refractivity contribution in [1.82, 2.24) is 9.97 Å². The summed E-state index contributed by atoms with van der Waals surface area (Å²) >= 11 is 0. The van der Waals surface area contributed by atoms with Crippen molar-refractivity contribution < 1.29 is 0 Å². The Bertz CT molecular complexity index is 258. The summed E-state index contributed by atoms with van der Waals surface area (Å²) in [5.41, 5.74) is 0.855. The molecule has 3 nitrogen and oxygen atoms in total. The fourth-order valence-electron chi connectivity index (χ4n) is 0.637. The average molecular weight is 147 g/mol. The van der Waals surface area contributed by atoms with Gasteiger partial charge in [0.1, 0.15) is 5.82 Å². The van der Waals surface area contributed by atoms with Crippen molar-refractivity contribution in [2.24, 2.45) is 0 Å². The summed E-state index contributed by atoms with van der Waals surface area (Å²) < 4.78 is 0. The van der Waals surface area contributed by atoms with Crippen molar-refractivity contribution in [3.63, 3.8) is 0 Å². The zero-order chi connectivity index (χ0) is 8.10. The summed E-state index contributed by atoms with van der Waals surface area (Å²) in [7, 11) is 0. The summed E-state index contributed by atoms with van der Waals surface area (Å²) in [6.07, 6.45) is 8.47. The van der Waals surface area contributed by atoms with Gasteiger partial charge in [-0.3, -0.25) is 0 Å². The first kappa shape index (κ1) is 7.55. The molecule has 1 aromatic rings. The second-order valence-electron chi connectivity index (χ2n) is 2.08. The van der Waals surface area contributed by atoms with E-state index in [0.717, 1.165) is 11.5 Å². The highest BCUT2D eigenvalue weighted by Gasteiger charge is 1.89. The maximum Gasteiger partial charge on any atom is 0.125 e. The fraction of sp³-hybridized carbons (Fsp3) is 0.250. The van der Waals surface area contributed by atoms with Gasteiger partial charge in [-0.05, 0) is 6.92 Å². The van der Waals surface area contributed by atoms with E-state index < -0.39 is 0 Å². The zero-order valence-electron chi connectivity index (χ0n) is 6.33. The minimum Gasteiger partial charge on any atom is -0.372 e. The highest BCUT2D eigenvalue weighted by Crippen LogP contribution is 2.00. The molecule has 1 N–H and O–H groups in total. The molecule has 11 heavy (non-hydrogen) atoms. The summed E-state index contributed by atoms with van der Waals surface area (Å²) in [6, 6.07) is 0. The van der Waals surface area contributed by atoms with Gasteiger partial charge in [0.15, 0.2) is 0 Å². The Morgan fingerprint density at radius 1 is 1.55 bits per heavy atom. The Morgan fingerprint density at radius 3 is 2.73 bits per heavy atom. The third kappa shape index (κ3) is 2.26. The van der Waals surface area contributed by atoms with E-state index in [-0.39, 0.29) is 0 Å². The Hall–Kier alpha value is -1.56. The first-order valence-electron chi connectivity index (χ1n) is 3.29. The molecule has 0 fully saturated rings. The van der Waals surface area contributed by atoms with E-state index >= 15 is 0 Å². The Morgan fingerprint density at radius 2 is 2.18 bits per heavy atom. The largest absolute Gasteiger partial charge is 0.372 e. The van der Waals surface area contributed by atoms with Crippen LogP contribution in [0.5, 0.6) is 0 Å². The van der Waals surface area contributed by atoms with Crippen LogP contribution >= 0.6 is 0 Å². The monoisotopic (exact) mass is 147 g/mol. The molecular formula is C8H9N3. The van der Waals surface area contributed by atoms with Crippen molar-refractivity contribution in [2.45, 2.75) is 6.92 Å². The van der Waals surface area contributed by atoms with E-state index in [9.17, 15) is 0 Å². The molecule has 0 saturated carbocycles. The van der Waals surface area contributed by atoms with Crippen molar-refractivity contribution in [2.75, 3.05) is 11.9 Å². The number of hydrogen-bond acceptors (Lipinski definition) is 3. The number of aryl methyl sites for hydroxylation is 1. The number of rotatable bonds is 2. The van der Waals surface area contributed by atoms with Crippen LogP contribution < -0.4 is 5.32 Å². The standard InChI is InChI=1S/C8H9N3/c1-3-4-9-8-5-10-7(2)11-6-8/h1,5-6,9H,4H2,2H3. The molecule has 0 bridgehead atoms. The smallest absolute Gasteiger partial charge is 0.125 e. The molecule has 0 spiro atoms. The third-order valence-corrected chi connectivity index (χ3v) is 1.18. The van der Waals surface area contributed by atoms with Crippen LogP contribution in [0.4, 0.5) is 5.69 Å². The predicted octanol–water partition coefficient (Wildman–Crippen LogP) is 0.830. The number of nitrogens with zero attached hydrogens (tertiary/aromatic N) is 2. The van der Waals surface area contributed by atoms with Gasteiger partial charge in [-0.25, -0.2) is 9.97 Å². The highest BCUT2D eigenvalue weighted by molar-refractivity contribution is 5.38. The number of nitrogens with one attached hydrogen (secondary N) is 1. The predicted molar refractivity (Wildman–Crippen MR) is 44.1 cm³/mol. The van der Waals surface area contributed by atoms with Gasteiger partial charge >= 0.3 is 0 Å². The van der Waals surface area contributed by atoms with Gasteiger partial charge in [0.2, 0.25) is 0 Å². The Kier molecular flexibility index (Phi) is 2.45. The molecule has 56 valence electrons. The van der Waals surface area contributed by atoms with E-state index in [1.54, 1.807) is 12.4 Å². The zero-order valence-corrected chi connectivity index (χ0v) is 6.33. The molecule has 0 aliphatic rings. The first-order valence-corrected chi connectivity index (χ1v) is 3.29. The van der Waals surface area contributed by atoms with Crippen LogP contribution in [0.15, 0.2) is 12.4 Å². The molecule has 0 unspecified atom stereocenters. The number of anilines is 1. The average Bonchev–Trinajstić information content (AvgIpc) is 2.04. The van der Waals surface area contributed by atoms with E-state index in [1.165, 1.54) is 0 Å². The van der Waals surface area contributed by atoms with E-state index in [0.29, 0.717) is 6.54 Å². The second-order valence-corrected chi connectivity index (χ2v) is 2.08. The van der Waals surface area contributed by atoms with Crippen molar-refractivity contribution in [3.8, 4) is 12.3 Å². The quantitative estimate of drug-likeness (QED) is 0.629. The molecule has 0 aliphatic carbocycles. The van der Waals surface area contributed by atoms with Gasteiger partial charge in [-0.2, -0.15) is 0 Å². The summed E-state index contributed by atoms with van der Waals surface area (Å²) in [5, 5.41) is 2.96. The molecule has 0 saturated heterocycles. The second kappa shape index (κ2) is 3.57. The van der Waals surface area contributed by atoms with Crippen LogP contribution in [0.25, 0.3) is 0 Å². The highest BCUT2D eigenvalue weighted by atomic mass is 14.9. The number of terminal acetylenes is 1. The maximum absolute atomic E-state index is 5.05. The topological polar surface area (TPSA) is 37.8 Å². The van der Waals surface area contributed by atoms with Crippen LogP contribution in [-0.2, 0) is 0 Å². The van der Waals surface area contributed by atoms with E-state index in [1.807, 2.05) is 6.92 Å². The lowest BCUT2D eigenvalue weighted by molar-refractivity contribution is 1.05.